The quantitative estimate of drug-likeness (QED) is 0.885. The SMILES string of the molecule is CCc1cc(C(=O)Nc2ccc(C(=O)O)cc2Cl)sc1C. The van der Waals surface area contributed by atoms with Gasteiger partial charge in [-0.2, -0.15) is 0 Å². The van der Waals surface area contributed by atoms with E-state index in [4.69, 9.17) is 16.7 Å². The fraction of sp³-hybridized carbons (Fsp3) is 0.200. The van der Waals surface area contributed by atoms with Crippen LogP contribution in [0.3, 0.4) is 0 Å². The van der Waals surface area contributed by atoms with E-state index in [-0.39, 0.29) is 16.5 Å². The zero-order valence-electron chi connectivity index (χ0n) is 11.6. The number of carbonyl (C=O) groups excluding carboxylic acids is 1. The lowest BCUT2D eigenvalue weighted by Crippen LogP contribution is -2.11. The summed E-state index contributed by atoms with van der Waals surface area (Å²) >= 11 is 7.43. The van der Waals surface area contributed by atoms with Gasteiger partial charge in [-0.15, -0.1) is 11.3 Å². The van der Waals surface area contributed by atoms with Crippen molar-refractivity contribution in [1.29, 1.82) is 0 Å². The molecule has 110 valence electrons. The molecule has 4 nitrogen and oxygen atoms in total. The average molecular weight is 324 g/mol. The Bertz CT molecular complexity index is 709. The number of thiophene rings is 1. The van der Waals surface area contributed by atoms with Gasteiger partial charge < -0.3 is 10.4 Å². The first-order valence-corrected chi connectivity index (χ1v) is 7.55. The number of carboxylic acid groups (broad SMARTS) is 1. The molecule has 0 aliphatic heterocycles. The lowest BCUT2D eigenvalue weighted by Gasteiger charge is -2.06. The summed E-state index contributed by atoms with van der Waals surface area (Å²) < 4.78 is 0. The Morgan fingerprint density at radius 3 is 2.57 bits per heavy atom. The molecule has 21 heavy (non-hydrogen) atoms. The van der Waals surface area contributed by atoms with Crippen LogP contribution in [0.15, 0.2) is 24.3 Å². The zero-order valence-corrected chi connectivity index (χ0v) is 13.1. The Labute approximate surface area is 131 Å². The smallest absolute Gasteiger partial charge is 0.335 e. The van der Waals surface area contributed by atoms with Crippen LogP contribution in [0.5, 0.6) is 0 Å². The second-order valence-corrected chi connectivity index (χ2v) is 6.16. The zero-order chi connectivity index (χ0) is 15.6. The van der Waals surface area contributed by atoms with Gasteiger partial charge in [0.1, 0.15) is 0 Å². The Morgan fingerprint density at radius 2 is 2.05 bits per heavy atom. The number of aromatic carboxylic acids is 1. The lowest BCUT2D eigenvalue weighted by molar-refractivity contribution is 0.0696. The summed E-state index contributed by atoms with van der Waals surface area (Å²) in [4.78, 5) is 24.8. The van der Waals surface area contributed by atoms with Crippen LogP contribution in [0.1, 0.15) is 37.4 Å². The third-order valence-electron chi connectivity index (χ3n) is 3.09. The first kappa shape index (κ1) is 15.5. The van der Waals surface area contributed by atoms with Crippen molar-refractivity contribution in [3.05, 3.63) is 50.2 Å². The maximum absolute atomic E-state index is 12.2. The van der Waals surface area contributed by atoms with Gasteiger partial charge in [-0.3, -0.25) is 4.79 Å². The highest BCUT2D eigenvalue weighted by Gasteiger charge is 2.14. The molecule has 0 unspecified atom stereocenters. The lowest BCUT2D eigenvalue weighted by atomic mass is 10.2. The van der Waals surface area contributed by atoms with Crippen LogP contribution in [0.4, 0.5) is 5.69 Å². The van der Waals surface area contributed by atoms with Crippen LogP contribution in [-0.2, 0) is 6.42 Å². The predicted octanol–water partition coefficient (Wildman–Crippen LogP) is 4.22. The molecule has 1 aromatic carbocycles. The van der Waals surface area contributed by atoms with E-state index < -0.39 is 5.97 Å². The molecule has 2 aromatic rings. The molecule has 2 rings (SSSR count). The molecule has 0 atom stereocenters. The molecule has 0 aliphatic carbocycles. The number of anilines is 1. The third-order valence-corrected chi connectivity index (χ3v) is 4.49. The molecule has 6 heteroatoms. The minimum absolute atomic E-state index is 0.0817. The number of halogens is 1. The van der Waals surface area contributed by atoms with Crippen LogP contribution in [0, 0.1) is 6.92 Å². The molecule has 2 N–H and O–H groups in total. The first-order valence-electron chi connectivity index (χ1n) is 6.36. The summed E-state index contributed by atoms with van der Waals surface area (Å²) in [6, 6.07) is 6.08. The normalized spacial score (nSPS) is 10.4. The second kappa shape index (κ2) is 6.28. The number of hydrogen-bond donors (Lipinski definition) is 2. The number of carbonyl (C=O) groups is 2. The fourth-order valence-electron chi connectivity index (χ4n) is 1.92. The van der Waals surface area contributed by atoms with E-state index in [1.807, 2.05) is 19.9 Å². The largest absolute Gasteiger partial charge is 0.478 e. The van der Waals surface area contributed by atoms with Crippen molar-refractivity contribution in [1.82, 2.24) is 0 Å². The molecule has 0 bridgehead atoms. The molecule has 0 saturated heterocycles. The van der Waals surface area contributed by atoms with Crippen molar-refractivity contribution in [3.8, 4) is 0 Å². The summed E-state index contributed by atoms with van der Waals surface area (Å²) in [5.41, 5.74) is 1.63. The molecule has 0 aliphatic rings. The maximum atomic E-state index is 12.2. The number of rotatable bonds is 4. The highest BCUT2D eigenvalue weighted by molar-refractivity contribution is 7.14. The van der Waals surface area contributed by atoms with Gasteiger partial charge in [0.05, 0.1) is 21.2 Å². The minimum Gasteiger partial charge on any atom is -0.478 e. The van der Waals surface area contributed by atoms with Crippen molar-refractivity contribution in [2.45, 2.75) is 20.3 Å². The summed E-state index contributed by atoms with van der Waals surface area (Å²) in [6.07, 6.45) is 0.879. The van der Waals surface area contributed by atoms with E-state index in [1.54, 1.807) is 0 Å². The van der Waals surface area contributed by atoms with Gasteiger partial charge in [0, 0.05) is 4.88 Å². The van der Waals surface area contributed by atoms with Gasteiger partial charge in [-0.05, 0) is 43.2 Å². The van der Waals surface area contributed by atoms with E-state index in [2.05, 4.69) is 5.32 Å². The highest BCUT2D eigenvalue weighted by atomic mass is 35.5. The van der Waals surface area contributed by atoms with E-state index in [0.717, 1.165) is 16.9 Å². The molecule has 1 heterocycles. The molecule has 0 fully saturated rings. The fourth-order valence-corrected chi connectivity index (χ4v) is 3.15. The van der Waals surface area contributed by atoms with Gasteiger partial charge in [-0.25, -0.2) is 4.79 Å². The van der Waals surface area contributed by atoms with E-state index in [1.165, 1.54) is 29.5 Å². The van der Waals surface area contributed by atoms with Crippen LogP contribution >= 0.6 is 22.9 Å². The van der Waals surface area contributed by atoms with Gasteiger partial charge in [0.2, 0.25) is 0 Å². The second-order valence-electron chi connectivity index (χ2n) is 4.50. The van der Waals surface area contributed by atoms with E-state index in [9.17, 15) is 9.59 Å². The number of carboxylic acids is 1. The minimum atomic E-state index is -1.06. The van der Waals surface area contributed by atoms with E-state index >= 15 is 0 Å². The van der Waals surface area contributed by atoms with Gasteiger partial charge in [0.15, 0.2) is 0 Å². The van der Waals surface area contributed by atoms with Crippen molar-refractivity contribution in [2.24, 2.45) is 0 Å². The summed E-state index contributed by atoms with van der Waals surface area (Å²) in [7, 11) is 0. The maximum Gasteiger partial charge on any atom is 0.335 e. The molecule has 0 spiro atoms. The van der Waals surface area contributed by atoms with Crippen LogP contribution < -0.4 is 5.32 Å². The molecule has 0 saturated carbocycles. The van der Waals surface area contributed by atoms with Crippen molar-refractivity contribution in [3.63, 3.8) is 0 Å². The standard InChI is InChI=1S/C15H14ClNO3S/c1-3-9-7-13(21-8(9)2)14(18)17-12-5-4-10(15(19)20)6-11(12)16/h4-7H,3H2,1-2H3,(H,17,18)(H,19,20). The number of aryl methyl sites for hydroxylation is 2. The molecular weight excluding hydrogens is 310 g/mol. The number of benzene rings is 1. The summed E-state index contributed by atoms with van der Waals surface area (Å²) in [5.74, 6) is -1.30. The van der Waals surface area contributed by atoms with Crippen LogP contribution in [0.25, 0.3) is 0 Å². The Hall–Kier alpha value is -1.85. The number of amides is 1. The molecule has 1 aromatic heterocycles. The monoisotopic (exact) mass is 323 g/mol. The molecule has 0 radical (unpaired) electrons. The highest BCUT2D eigenvalue weighted by Crippen LogP contribution is 2.26. The van der Waals surface area contributed by atoms with Crippen molar-refractivity contribution >= 4 is 40.5 Å². The Morgan fingerprint density at radius 1 is 1.33 bits per heavy atom. The molecular formula is C15H14ClNO3S. The Balaban J connectivity index is 2.21. The van der Waals surface area contributed by atoms with Crippen LogP contribution in [0.2, 0.25) is 5.02 Å². The van der Waals surface area contributed by atoms with Gasteiger partial charge >= 0.3 is 5.97 Å². The number of hydrogen-bond acceptors (Lipinski definition) is 3. The van der Waals surface area contributed by atoms with E-state index in [0.29, 0.717) is 10.6 Å². The third kappa shape index (κ3) is 3.43. The van der Waals surface area contributed by atoms with Gasteiger partial charge in [-0.1, -0.05) is 18.5 Å². The van der Waals surface area contributed by atoms with Crippen molar-refractivity contribution in [2.75, 3.05) is 5.32 Å². The summed E-state index contributed by atoms with van der Waals surface area (Å²) in [5, 5.41) is 11.8. The Kier molecular flexibility index (Phi) is 4.65. The first-order chi connectivity index (χ1) is 9.92. The topological polar surface area (TPSA) is 66.4 Å². The van der Waals surface area contributed by atoms with Gasteiger partial charge in [0.25, 0.3) is 5.91 Å². The average Bonchev–Trinajstić information content (AvgIpc) is 2.82. The summed E-state index contributed by atoms with van der Waals surface area (Å²) in [6.45, 7) is 4.02. The van der Waals surface area contributed by atoms with Crippen LogP contribution in [-0.4, -0.2) is 17.0 Å². The van der Waals surface area contributed by atoms with Crippen molar-refractivity contribution < 1.29 is 14.7 Å². The number of nitrogens with one attached hydrogen (secondary N) is 1. The predicted molar refractivity (Wildman–Crippen MR) is 84.8 cm³/mol. The molecule has 1 amide bonds.